The smallest absolute Gasteiger partial charge is 0.229 e. The highest BCUT2D eigenvalue weighted by Gasteiger charge is 2.11. The summed E-state index contributed by atoms with van der Waals surface area (Å²) in [6.07, 6.45) is 3.59. The van der Waals surface area contributed by atoms with Crippen LogP contribution in [0, 0.1) is 12.3 Å². The van der Waals surface area contributed by atoms with Gasteiger partial charge in [0.2, 0.25) is 5.95 Å². The number of benzene rings is 1. The Balaban J connectivity index is 1.82. The summed E-state index contributed by atoms with van der Waals surface area (Å²) in [5.41, 5.74) is 3.90. The molecule has 1 aliphatic heterocycles. The number of rotatable bonds is 6. The van der Waals surface area contributed by atoms with E-state index in [0.717, 1.165) is 48.0 Å². The number of anilines is 4. The lowest BCUT2D eigenvalue weighted by Crippen LogP contribution is -2.27. The van der Waals surface area contributed by atoms with Gasteiger partial charge in [-0.05, 0) is 38.0 Å². The number of nitrogens with one attached hydrogen (secondary N) is 5. The van der Waals surface area contributed by atoms with Gasteiger partial charge in [-0.1, -0.05) is 0 Å². The number of aromatic nitrogens is 2. The van der Waals surface area contributed by atoms with E-state index in [1.807, 2.05) is 44.4 Å². The number of hydrogen-bond acceptors (Lipinski definition) is 8. The van der Waals surface area contributed by atoms with Crippen LogP contribution in [0.25, 0.3) is 0 Å². The minimum Gasteiger partial charge on any atom is -0.495 e. The highest BCUT2D eigenvalue weighted by atomic mass is 16.5. The van der Waals surface area contributed by atoms with Crippen molar-refractivity contribution in [2.75, 3.05) is 36.7 Å². The van der Waals surface area contributed by atoms with Gasteiger partial charge in [0.25, 0.3) is 0 Å². The lowest BCUT2D eigenvalue weighted by atomic mass is 10.1. The minimum absolute atomic E-state index is 0.518. The molecule has 1 fully saturated rings. The summed E-state index contributed by atoms with van der Waals surface area (Å²) in [5, 5.41) is 20.8. The molecule has 27 heavy (non-hydrogen) atoms. The van der Waals surface area contributed by atoms with Crippen LogP contribution in [0.5, 0.6) is 5.75 Å². The van der Waals surface area contributed by atoms with Gasteiger partial charge >= 0.3 is 0 Å². The Morgan fingerprint density at radius 3 is 2.85 bits per heavy atom. The monoisotopic (exact) mass is 367 g/mol. The maximum Gasteiger partial charge on any atom is 0.229 e. The van der Waals surface area contributed by atoms with Crippen LogP contribution >= 0.6 is 0 Å². The Bertz CT molecular complexity index is 863. The molecule has 0 spiro atoms. The highest BCUT2D eigenvalue weighted by Crippen LogP contribution is 2.29. The molecule has 0 bridgehead atoms. The van der Waals surface area contributed by atoms with Gasteiger partial charge in [0.05, 0.1) is 24.2 Å². The zero-order valence-electron chi connectivity index (χ0n) is 15.8. The molecule has 2 heterocycles. The van der Waals surface area contributed by atoms with Crippen molar-refractivity contribution in [1.29, 1.82) is 5.41 Å². The molecule has 1 aliphatic rings. The Morgan fingerprint density at radius 2 is 2.11 bits per heavy atom. The molecule has 0 radical (unpaired) electrons. The van der Waals surface area contributed by atoms with Gasteiger partial charge in [-0.25, -0.2) is 4.98 Å². The third-order valence-corrected chi connectivity index (χ3v) is 4.18. The SMILES string of the molecule is CNc1cc(C)nc(Nc2ccc(OC)c(N/C=C3/NCCCC3=N)c2)n1. The Hall–Kier alpha value is -3.29. The van der Waals surface area contributed by atoms with Crippen molar-refractivity contribution in [3.05, 3.63) is 41.9 Å². The first-order valence-corrected chi connectivity index (χ1v) is 8.86. The molecule has 5 N–H and O–H groups in total. The van der Waals surface area contributed by atoms with Gasteiger partial charge in [0.1, 0.15) is 11.6 Å². The van der Waals surface area contributed by atoms with Crippen molar-refractivity contribution < 1.29 is 4.74 Å². The van der Waals surface area contributed by atoms with Crippen LogP contribution in [0.3, 0.4) is 0 Å². The zero-order chi connectivity index (χ0) is 19.2. The summed E-state index contributed by atoms with van der Waals surface area (Å²) in [4.78, 5) is 8.83. The fraction of sp³-hybridized carbons (Fsp3) is 0.316. The van der Waals surface area contributed by atoms with Gasteiger partial charge in [-0.2, -0.15) is 4.98 Å². The topological polar surface area (TPSA) is 107 Å². The van der Waals surface area contributed by atoms with E-state index in [1.165, 1.54) is 0 Å². The molecule has 0 unspecified atom stereocenters. The van der Waals surface area contributed by atoms with E-state index in [0.29, 0.717) is 17.4 Å². The van der Waals surface area contributed by atoms with E-state index in [1.54, 1.807) is 7.11 Å². The zero-order valence-corrected chi connectivity index (χ0v) is 15.8. The summed E-state index contributed by atoms with van der Waals surface area (Å²) < 4.78 is 5.44. The standard InChI is InChI=1S/C19H25N7O/c1-12-9-18(21-2)26-19(24-12)25-13-6-7-17(27-3)15(10-13)23-11-16-14(20)5-4-8-22-16/h6-7,9-11,20,22-23H,4-5,8H2,1-3H3,(H2,21,24,25,26)/b16-11+,20-14?. The molecule has 8 nitrogen and oxygen atoms in total. The number of allylic oxidation sites excluding steroid dienone is 1. The lowest BCUT2D eigenvalue weighted by molar-refractivity contribution is 0.417. The average Bonchev–Trinajstić information content (AvgIpc) is 2.67. The van der Waals surface area contributed by atoms with E-state index in [4.69, 9.17) is 10.1 Å². The van der Waals surface area contributed by atoms with Gasteiger partial charge < -0.3 is 31.4 Å². The predicted octanol–water partition coefficient (Wildman–Crippen LogP) is 3.24. The maximum absolute atomic E-state index is 8.02. The number of aryl methyl sites for hydroxylation is 1. The van der Waals surface area contributed by atoms with Crippen LogP contribution < -0.4 is 26.0 Å². The normalized spacial score (nSPS) is 15.2. The summed E-state index contributed by atoms with van der Waals surface area (Å²) in [6.45, 7) is 2.81. The Morgan fingerprint density at radius 1 is 1.26 bits per heavy atom. The van der Waals surface area contributed by atoms with Crippen molar-refractivity contribution in [3.8, 4) is 5.75 Å². The maximum atomic E-state index is 8.02. The summed E-state index contributed by atoms with van der Waals surface area (Å²) >= 11 is 0. The number of methoxy groups -OCH3 is 1. The molecular weight excluding hydrogens is 342 g/mol. The van der Waals surface area contributed by atoms with Crippen LogP contribution in [0.4, 0.5) is 23.1 Å². The van der Waals surface area contributed by atoms with Gasteiger partial charge in [0, 0.05) is 37.2 Å². The molecule has 3 rings (SSSR count). The van der Waals surface area contributed by atoms with Gasteiger partial charge in [-0.15, -0.1) is 0 Å². The van der Waals surface area contributed by atoms with Gasteiger partial charge in [0.15, 0.2) is 0 Å². The highest BCUT2D eigenvalue weighted by molar-refractivity contribution is 5.98. The molecule has 2 aromatic rings. The Labute approximate surface area is 159 Å². The van der Waals surface area contributed by atoms with Crippen molar-refractivity contribution >= 4 is 28.9 Å². The molecule has 142 valence electrons. The van der Waals surface area contributed by atoms with E-state index < -0.39 is 0 Å². The van der Waals surface area contributed by atoms with Gasteiger partial charge in [-0.3, -0.25) is 0 Å². The van der Waals surface area contributed by atoms with Crippen LogP contribution in [0.15, 0.2) is 36.2 Å². The summed E-state index contributed by atoms with van der Waals surface area (Å²) in [7, 11) is 3.45. The quantitative estimate of drug-likeness (QED) is 0.533. The molecular formula is C19H25N7O. The molecule has 1 saturated heterocycles. The van der Waals surface area contributed by atoms with E-state index in [-0.39, 0.29) is 0 Å². The first-order chi connectivity index (χ1) is 13.1. The van der Waals surface area contributed by atoms with Crippen molar-refractivity contribution in [1.82, 2.24) is 15.3 Å². The average molecular weight is 367 g/mol. The summed E-state index contributed by atoms with van der Waals surface area (Å²) in [6, 6.07) is 7.58. The molecule has 8 heteroatoms. The second-order valence-corrected chi connectivity index (χ2v) is 6.22. The first-order valence-electron chi connectivity index (χ1n) is 8.86. The van der Waals surface area contributed by atoms with Crippen LogP contribution in [-0.2, 0) is 0 Å². The predicted molar refractivity (Wildman–Crippen MR) is 109 cm³/mol. The summed E-state index contributed by atoms with van der Waals surface area (Å²) in [5.74, 6) is 1.98. The van der Waals surface area contributed by atoms with Crippen molar-refractivity contribution in [2.24, 2.45) is 0 Å². The Kier molecular flexibility index (Phi) is 5.75. The molecule has 1 aromatic carbocycles. The minimum atomic E-state index is 0.518. The van der Waals surface area contributed by atoms with E-state index in [9.17, 15) is 0 Å². The second-order valence-electron chi connectivity index (χ2n) is 6.22. The first kappa shape index (κ1) is 18.5. The molecule has 0 aliphatic carbocycles. The van der Waals surface area contributed by atoms with Crippen molar-refractivity contribution in [3.63, 3.8) is 0 Å². The number of nitrogens with zero attached hydrogens (tertiary/aromatic N) is 2. The third kappa shape index (κ3) is 4.66. The van der Waals surface area contributed by atoms with Crippen molar-refractivity contribution in [2.45, 2.75) is 19.8 Å². The fourth-order valence-electron chi connectivity index (χ4n) is 2.80. The molecule has 0 atom stereocenters. The molecule has 0 saturated carbocycles. The number of piperidine rings is 1. The van der Waals surface area contributed by atoms with Crippen LogP contribution in [0.1, 0.15) is 18.5 Å². The molecule has 1 aromatic heterocycles. The second kappa shape index (κ2) is 8.39. The number of hydrogen-bond donors (Lipinski definition) is 5. The van der Waals surface area contributed by atoms with E-state index >= 15 is 0 Å². The van der Waals surface area contributed by atoms with Crippen LogP contribution in [-0.4, -0.2) is 36.4 Å². The largest absolute Gasteiger partial charge is 0.495 e. The van der Waals surface area contributed by atoms with Crippen LogP contribution in [0.2, 0.25) is 0 Å². The fourth-order valence-corrected chi connectivity index (χ4v) is 2.80. The van der Waals surface area contributed by atoms with E-state index in [2.05, 4.69) is 31.2 Å². The molecule has 0 amide bonds. The number of ether oxygens (including phenoxy) is 1. The lowest BCUT2D eigenvalue weighted by Gasteiger charge is -2.18. The third-order valence-electron chi connectivity index (χ3n) is 4.18.